The van der Waals surface area contributed by atoms with Gasteiger partial charge in [0.15, 0.2) is 0 Å². The van der Waals surface area contributed by atoms with Crippen LogP contribution in [0.25, 0.3) is 0 Å². The van der Waals surface area contributed by atoms with Crippen LogP contribution in [0, 0.1) is 29.6 Å². The van der Waals surface area contributed by atoms with Crippen molar-refractivity contribution in [2.45, 2.75) is 77.0 Å². The molecule has 0 saturated heterocycles. The molecule has 1 heterocycles. The molecule has 128 valence electrons. The number of halogens is 2. The molecule has 0 amide bonds. The Morgan fingerprint density at radius 2 is 1.30 bits per heavy atom. The first-order valence-electron chi connectivity index (χ1n) is 9.54. The topological polar surface area (TPSA) is 12.9 Å². The molecule has 2 aliphatic rings. The highest BCUT2D eigenvalue weighted by atomic mass is 19.1. The van der Waals surface area contributed by atoms with Gasteiger partial charge in [0.2, 0.25) is 11.9 Å². The van der Waals surface area contributed by atoms with Crippen molar-refractivity contribution < 1.29 is 8.78 Å². The highest BCUT2D eigenvalue weighted by Gasteiger charge is 2.31. The summed E-state index contributed by atoms with van der Waals surface area (Å²) in [6.07, 6.45) is 15.5. The third-order valence-electron chi connectivity index (χ3n) is 6.10. The molecule has 0 aromatic carbocycles. The zero-order valence-electron chi connectivity index (χ0n) is 14.1. The number of pyridine rings is 1. The van der Waals surface area contributed by atoms with Gasteiger partial charge in [-0.15, -0.1) is 0 Å². The first kappa shape index (κ1) is 16.9. The van der Waals surface area contributed by atoms with Gasteiger partial charge >= 0.3 is 0 Å². The van der Waals surface area contributed by atoms with E-state index in [4.69, 9.17) is 0 Å². The Hall–Kier alpha value is -0.990. The van der Waals surface area contributed by atoms with Crippen LogP contribution < -0.4 is 0 Å². The third kappa shape index (κ3) is 4.74. The summed E-state index contributed by atoms with van der Waals surface area (Å²) in [7, 11) is 0. The molecule has 0 radical (unpaired) electrons. The summed E-state index contributed by atoms with van der Waals surface area (Å²) in [6.45, 7) is 0. The lowest BCUT2D eigenvalue weighted by Gasteiger charge is -2.38. The smallest absolute Gasteiger partial charge is 0.191 e. The molecular weight excluding hydrogens is 292 g/mol. The minimum atomic E-state index is -0.688. The third-order valence-corrected chi connectivity index (χ3v) is 6.10. The van der Waals surface area contributed by atoms with E-state index in [0.717, 1.165) is 36.2 Å². The van der Waals surface area contributed by atoms with Gasteiger partial charge in [0.1, 0.15) is 0 Å². The lowest BCUT2D eigenvalue weighted by molar-refractivity contribution is 0.135. The largest absolute Gasteiger partial charge is 0.215 e. The van der Waals surface area contributed by atoms with Crippen LogP contribution in [-0.4, -0.2) is 4.98 Å². The van der Waals surface area contributed by atoms with E-state index in [1.54, 1.807) is 0 Å². The Labute approximate surface area is 138 Å². The van der Waals surface area contributed by atoms with Gasteiger partial charge in [0.05, 0.1) is 0 Å². The molecule has 2 aliphatic carbocycles. The summed E-state index contributed by atoms with van der Waals surface area (Å²) >= 11 is 0. The average Bonchev–Trinajstić information content (AvgIpc) is 2.56. The fourth-order valence-corrected chi connectivity index (χ4v) is 4.97. The van der Waals surface area contributed by atoms with Gasteiger partial charge in [-0.25, -0.2) is 0 Å². The Morgan fingerprint density at radius 1 is 0.826 bits per heavy atom. The van der Waals surface area contributed by atoms with Gasteiger partial charge in [-0.3, -0.25) is 0 Å². The van der Waals surface area contributed by atoms with Crippen LogP contribution in [-0.2, 0) is 6.42 Å². The number of rotatable bonds is 5. The van der Waals surface area contributed by atoms with Crippen LogP contribution in [0.3, 0.4) is 0 Å². The molecule has 0 N–H and O–H groups in total. The van der Waals surface area contributed by atoms with Gasteiger partial charge in [0.25, 0.3) is 0 Å². The van der Waals surface area contributed by atoms with Crippen LogP contribution >= 0.6 is 0 Å². The van der Waals surface area contributed by atoms with Gasteiger partial charge < -0.3 is 0 Å². The molecule has 2 saturated carbocycles. The number of aromatic nitrogens is 1. The molecular formula is C20H29F2N. The first-order chi connectivity index (χ1) is 11.2. The molecule has 0 bridgehead atoms. The van der Waals surface area contributed by atoms with E-state index >= 15 is 0 Å². The standard InChI is InChI=1S/C20H29F2N/c21-19-13-15(14-20(22)23-19)11-12-18(16-7-3-1-4-8-16)17-9-5-2-6-10-17/h13-14,16-18H,1-12H2. The summed E-state index contributed by atoms with van der Waals surface area (Å²) in [6, 6.07) is 2.81. The summed E-state index contributed by atoms with van der Waals surface area (Å²) in [5, 5.41) is 0. The molecule has 0 unspecified atom stereocenters. The first-order valence-corrected chi connectivity index (χ1v) is 9.54. The lowest BCUT2D eigenvalue weighted by atomic mass is 9.68. The molecule has 1 aromatic rings. The van der Waals surface area contributed by atoms with E-state index in [1.807, 2.05) is 0 Å². The monoisotopic (exact) mass is 321 g/mol. The molecule has 0 aliphatic heterocycles. The van der Waals surface area contributed by atoms with E-state index < -0.39 is 11.9 Å². The van der Waals surface area contributed by atoms with Crippen molar-refractivity contribution >= 4 is 0 Å². The summed E-state index contributed by atoms with van der Waals surface area (Å²) in [5.74, 6) is 1.04. The minimum Gasteiger partial charge on any atom is -0.191 e. The fourth-order valence-electron chi connectivity index (χ4n) is 4.97. The maximum Gasteiger partial charge on any atom is 0.215 e. The van der Waals surface area contributed by atoms with Crippen molar-refractivity contribution in [1.29, 1.82) is 0 Å². The maximum atomic E-state index is 13.3. The van der Waals surface area contributed by atoms with E-state index in [1.165, 1.54) is 76.3 Å². The summed E-state index contributed by atoms with van der Waals surface area (Å²) in [4.78, 5) is 3.21. The van der Waals surface area contributed by atoms with Crippen molar-refractivity contribution in [2.75, 3.05) is 0 Å². The molecule has 0 spiro atoms. The summed E-state index contributed by atoms with van der Waals surface area (Å²) in [5.41, 5.74) is 0.770. The van der Waals surface area contributed by atoms with Crippen molar-refractivity contribution in [2.24, 2.45) is 17.8 Å². The van der Waals surface area contributed by atoms with Crippen LogP contribution in [0.2, 0.25) is 0 Å². The second kappa shape index (κ2) is 8.21. The molecule has 2 fully saturated rings. The van der Waals surface area contributed by atoms with E-state index in [0.29, 0.717) is 0 Å². The Kier molecular flexibility index (Phi) is 6.02. The number of hydrogen-bond donors (Lipinski definition) is 0. The number of nitrogens with zero attached hydrogens (tertiary/aromatic N) is 1. The molecule has 1 nitrogen and oxygen atoms in total. The maximum absolute atomic E-state index is 13.3. The Balaban J connectivity index is 1.66. The predicted molar refractivity (Wildman–Crippen MR) is 89.1 cm³/mol. The van der Waals surface area contributed by atoms with Gasteiger partial charge in [-0.1, -0.05) is 64.2 Å². The minimum absolute atomic E-state index is 0.688. The fraction of sp³-hybridized carbons (Fsp3) is 0.750. The Bertz CT molecular complexity index is 452. The molecule has 3 heteroatoms. The SMILES string of the molecule is Fc1cc(CCC(C2CCCCC2)C2CCCCC2)cc(F)n1. The van der Waals surface area contributed by atoms with Crippen molar-refractivity contribution in [3.8, 4) is 0 Å². The second-order valence-corrected chi connectivity index (χ2v) is 7.62. The molecule has 1 aromatic heterocycles. The molecule has 23 heavy (non-hydrogen) atoms. The lowest BCUT2D eigenvalue weighted by Crippen LogP contribution is -2.27. The van der Waals surface area contributed by atoms with Crippen molar-refractivity contribution in [3.63, 3.8) is 0 Å². The van der Waals surface area contributed by atoms with Gasteiger partial charge in [-0.2, -0.15) is 13.8 Å². The van der Waals surface area contributed by atoms with Crippen molar-refractivity contribution in [3.05, 3.63) is 29.6 Å². The van der Waals surface area contributed by atoms with Crippen LogP contribution in [0.15, 0.2) is 12.1 Å². The van der Waals surface area contributed by atoms with Gasteiger partial charge in [0, 0.05) is 0 Å². The van der Waals surface area contributed by atoms with Gasteiger partial charge in [-0.05, 0) is 48.3 Å². The number of hydrogen-bond acceptors (Lipinski definition) is 1. The molecule has 3 rings (SSSR count). The zero-order chi connectivity index (χ0) is 16.1. The van der Waals surface area contributed by atoms with Crippen LogP contribution in [0.5, 0.6) is 0 Å². The molecule has 0 atom stereocenters. The summed E-state index contributed by atoms with van der Waals surface area (Å²) < 4.78 is 26.6. The second-order valence-electron chi connectivity index (χ2n) is 7.62. The Morgan fingerprint density at radius 3 is 1.78 bits per heavy atom. The highest BCUT2D eigenvalue weighted by molar-refractivity contribution is 5.12. The van der Waals surface area contributed by atoms with E-state index in [-0.39, 0.29) is 0 Å². The average molecular weight is 321 g/mol. The van der Waals surface area contributed by atoms with Crippen LogP contribution in [0.1, 0.15) is 76.2 Å². The van der Waals surface area contributed by atoms with Crippen molar-refractivity contribution in [1.82, 2.24) is 4.98 Å². The normalized spacial score (nSPS) is 21.0. The highest BCUT2D eigenvalue weighted by Crippen LogP contribution is 2.42. The van der Waals surface area contributed by atoms with E-state index in [2.05, 4.69) is 4.98 Å². The van der Waals surface area contributed by atoms with Crippen LogP contribution in [0.4, 0.5) is 8.78 Å². The predicted octanol–water partition coefficient (Wildman–Crippen LogP) is 6.07. The quantitative estimate of drug-likeness (QED) is 0.600. The van der Waals surface area contributed by atoms with E-state index in [9.17, 15) is 8.78 Å². The number of aryl methyl sites for hydroxylation is 1. The zero-order valence-corrected chi connectivity index (χ0v) is 14.1.